The van der Waals surface area contributed by atoms with Crippen molar-refractivity contribution in [1.82, 2.24) is 19.5 Å². The Bertz CT molecular complexity index is 1880. The van der Waals surface area contributed by atoms with Crippen molar-refractivity contribution < 1.29 is 4.79 Å². The van der Waals surface area contributed by atoms with Crippen LogP contribution in [0, 0.1) is 0 Å². The predicted molar refractivity (Wildman–Crippen MR) is 143 cm³/mol. The smallest absolute Gasteiger partial charge is 0.262 e. The number of nitrogens with zero attached hydrogens (tertiary/aromatic N) is 4. The molecule has 0 bridgehead atoms. The van der Waals surface area contributed by atoms with E-state index in [0.29, 0.717) is 26.5 Å². The minimum Gasteiger partial charge on any atom is -0.399 e. The van der Waals surface area contributed by atoms with Gasteiger partial charge in [0, 0.05) is 6.42 Å². The van der Waals surface area contributed by atoms with Gasteiger partial charge in [-0.15, -0.1) is 22.7 Å². The summed E-state index contributed by atoms with van der Waals surface area (Å²) in [6, 6.07) is 22.6. The Morgan fingerprint density at radius 1 is 0.806 bits per heavy atom. The molecule has 36 heavy (non-hydrogen) atoms. The molecule has 3 heterocycles. The average molecular weight is 508 g/mol. The number of ketones is 1. The molecule has 0 unspecified atom stereocenters. The Kier molecular flexibility index (Phi) is 4.48. The fraction of sp³-hybridized carbons (Fsp3) is 0.0741. The Morgan fingerprint density at radius 2 is 1.44 bits per heavy atom. The first kappa shape index (κ1) is 21.1. The number of rotatable bonds is 3. The lowest BCUT2D eigenvalue weighted by Crippen LogP contribution is -2.44. The van der Waals surface area contributed by atoms with Gasteiger partial charge in [0.2, 0.25) is 0 Å². The van der Waals surface area contributed by atoms with Crippen LogP contribution in [0.1, 0.15) is 16.4 Å². The minimum absolute atomic E-state index is 0.0379. The van der Waals surface area contributed by atoms with Crippen LogP contribution >= 0.6 is 22.7 Å². The van der Waals surface area contributed by atoms with Gasteiger partial charge in [-0.25, -0.2) is 15.0 Å². The van der Waals surface area contributed by atoms with Gasteiger partial charge in [0.25, 0.3) is 5.56 Å². The molecule has 0 spiro atoms. The summed E-state index contributed by atoms with van der Waals surface area (Å²) in [5.41, 5.74) is 8.10. The first-order valence-corrected chi connectivity index (χ1v) is 12.9. The molecule has 0 amide bonds. The molecule has 174 valence electrons. The lowest BCUT2D eigenvalue weighted by molar-refractivity contribution is -0.114. The summed E-state index contributed by atoms with van der Waals surface area (Å²) >= 11 is 2.84. The third-order valence-corrected chi connectivity index (χ3v) is 8.88. The number of hydrogen-bond acceptors (Lipinski definition) is 8. The lowest BCUT2D eigenvalue weighted by atomic mass is 9.95. The largest absolute Gasteiger partial charge is 0.399 e. The Morgan fingerprint density at radius 3 is 2.17 bits per heavy atom. The van der Waals surface area contributed by atoms with Crippen LogP contribution in [-0.4, -0.2) is 25.3 Å². The molecule has 1 atom stereocenters. The van der Waals surface area contributed by atoms with Crippen LogP contribution in [0.5, 0.6) is 0 Å². The van der Waals surface area contributed by atoms with Gasteiger partial charge in [-0.1, -0.05) is 36.4 Å². The van der Waals surface area contributed by atoms with E-state index in [9.17, 15) is 9.59 Å². The SMILES string of the molecule is NC1=C(c2nc3ccccc3s2)C(=O)C[C@]1(c1nc2ccccc2s1)n1cnc2ccccc2c1=O. The zero-order valence-electron chi connectivity index (χ0n) is 18.7. The van der Waals surface area contributed by atoms with Crippen LogP contribution in [0.4, 0.5) is 0 Å². The van der Waals surface area contributed by atoms with Crippen LogP contribution < -0.4 is 11.3 Å². The van der Waals surface area contributed by atoms with Crippen molar-refractivity contribution in [3.63, 3.8) is 0 Å². The number of aromatic nitrogens is 4. The number of hydrogen-bond donors (Lipinski definition) is 1. The molecule has 0 radical (unpaired) electrons. The van der Waals surface area contributed by atoms with Crippen molar-refractivity contribution in [1.29, 1.82) is 0 Å². The first-order chi connectivity index (χ1) is 17.6. The molecule has 7 rings (SSSR count). The standard InChI is InChI=1S/C27H17N5O2S2/c28-23-22(24-30-17-9-3-5-11-20(17)35-24)19(33)13-27(23,26-31-18-10-4-6-12-21(18)36-26)32-14-29-16-8-2-1-7-15(16)25(32)34/h1-12,14H,13,28H2/t27-/m0/s1. The molecule has 1 aliphatic carbocycles. The predicted octanol–water partition coefficient (Wildman–Crippen LogP) is 4.70. The van der Waals surface area contributed by atoms with Gasteiger partial charge in [-0.05, 0) is 36.4 Å². The fourth-order valence-electron chi connectivity index (χ4n) is 4.89. The topological polar surface area (TPSA) is 104 Å². The molecule has 6 aromatic rings. The highest BCUT2D eigenvalue weighted by molar-refractivity contribution is 7.20. The molecule has 2 N–H and O–H groups in total. The maximum atomic E-state index is 13.8. The average Bonchev–Trinajstić information content (AvgIpc) is 3.58. The van der Waals surface area contributed by atoms with E-state index in [1.54, 1.807) is 18.2 Å². The zero-order chi connectivity index (χ0) is 24.4. The van der Waals surface area contributed by atoms with Crippen molar-refractivity contribution in [3.8, 4) is 0 Å². The molecule has 3 aromatic carbocycles. The summed E-state index contributed by atoms with van der Waals surface area (Å²) in [6.07, 6.45) is 1.45. The van der Waals surface area contributed by atoms with E-state index in [4.69, 9.17) is 15.7 Å². The highest BCUT2D eigenvalue weighted by Gasteiger charge is 2.51. The number of fused-ring (bicyclic) bond motifs is 3. The van der Waals surface area contributed by atoms with Crippen molar-refractivity contribution in [2.24, 2.45) is 5.73 Å². The Hall–Kier alpha value is -4.21. The van der Waals surface area contributed by atoms with E-state index in [1.165, 1.54) is 33.6 Å². The highest BCUT2D eigenvalue weighted by Crippen LogP contribution is 2.48. The maximum Gasteiger partial charge on any atom is 0.262 e. The van der Waals surface area contributed by atoms with Crippen LogP contribution in [0.3, 0.4) is 0 Å². The van der Waals surface area contributed by atoms with Crippen LogP contribution in [0.15, 0.2) is 89.6 Å². The van der Waals surface area contributed by atoms with Gasteiger partial charge in [-0.2, -0.15) is 0 Å². The van der Waals surface area contributed by atoms with Crippen molar-refractivity contribution >= 4 is 65.4 Å². The van der Waals surface area contributed by atoms with Crippen LogP contribution in [0.2, 0.25) is 0 Å². The molecular weight excluding hydrogens is 490 g/mol. The highest BCUT2D eigenvalue weighted by atomic mass is 32.1. The second-order valence-electron chi connectivity index (χ2n) is 8.66. The third-order valence-electron chi connectivity index (χ3n) is 6.64. The van der Waals surface area contributed by atoms with Gasteiger partial charge in [0.05, 0.1) is 48.9 Å². The molecular formula is C27H17N5O2S2. The fourth-order valence-corrected chi connectivity index (χ4v) is 7.10. The molecule has 0 fully saturated rings. The molecule has 7 nitrogen and oxygen atoms in total. The summed E-state index contributed by atoms with van der Waals surface area (Å²) < 4.78 is 3.39. The summed E-state index contributed by atoms with van der Waals surface area (Å²) in [7, 11) is 0. The number of para-hydroxylation sites is 3. The molecule has 3 aromatic heterocycles. The van der Waals surface area contributed by atoms with Crippen LogP contribution in [-0.2, 0) is 10.3 Å². The molecule has 0 saturated carbocycles. The molecule has 1 aliphatic rings. The maximum absolute atomic E-state index is 13.8. The van der Waals surface area contributed by atoms with Crippen molar-refractivity contribution in [2.75, 3.05) is 0 Å². The van der Waals surface area contributed by atoms with Crippen molar-refractivity contribution in [2.45, 2.75) is 12.0 Å². The second-order valence-corrected chi connectivity index (χ2v) is 10.7. The van der Waals surface area contributed by atoms with Gasteiger partial charge in [-0.3, -0.25) is 14.2 Å². The van der Waals surface area contributed by atoms with E-state index in [0.717, 1.165) is 20.4 Å². The number of Topliss-reactive ketones (excluding diaryl/α,β-unsaturated/α-hetero) is 1. The summed E-state index contributed by atoms with van der Waals surface area (Å²) in [5, 5.41) is 1.57. The van der Waals surface area contributed by atoms with E-state index >= 15 is 0 Å². The second kappa shape index (κ2) is 7.64. The third kappa shape index (κ3) is 2.87. The van der Waals surface area contributed by atoms with Crippen molar-refractivity contribution in [3.05, 3.63) is 105 Å². The minimum atomic E-state index is -1.30. The number of carbonyl (C=O) groups is 1. The number of nitrogens with two attached hydrogens (primary N) is 1. The molecule has 0 aliphatic heterocycles. The number of thiazole rings is 2. The zero-order valence-corrected chi connectivity index (χ0v) is 20.3. The van der Waals surface area contributed by atoms with Gasteiger partial charge >= 0.3 is 0 Å². The summed E-state index contributed by atoms with van der Waals surface area (Å²) in [5.74, 6) is -0.175. The van der Waals surface area contributed by atoms with E-state index in [2.05, 4.69) is 4.98 Å². The van der Waals surface area contributed by atoms with Gasteiger partial charge in [0.1, 0.15) is 15.6 Å². The monoisotopic (exact) mass is 507 g/mol. The first-order valence-electron chi connectivity index (χ1n) is 11.3. The lowest BCUT2D eigenvalue weighted by Gasteiger charge is -2.30. The number of benzene rings is 3. The van der Waals surface area contributed by atoms with Crippen LogP contribution in [0.25, 0.3) is 36.9 Å². The molecule has 9 heteroatoms. The van der Waals surface area contributed by atoms with Gasteiger partial charge < -0.3 is 5.73 Å². The number of allylic oxidation sites excluding steroid dienone is 2. The number of carbonyl (C=O) groups excluding carboxylic acids is 1. The normalized spacial score (nSPS) is 18.2. The Balaban J connectivity index is 1.56. The van der Waals surface area contributed by atoms with E-state index < -0.39 is 5.54 Å². The summed E-state index contributed by atoms with van der Waals surface area (Å²) in [6.45, 7) is 0. The quantitative estimate of drug-likeness (QED) is 0.372. The summed E-state index contributed by atoms with van der Waals surface area (Å²) in [4.78, 5) is 41.6. The Labute approximate surface area is 212 Å². The van der Waals surface area contributed by atoms with Gasteiger partial charge in [0.15, 0.2) is 5.78 Å². The van der Waals surface area contributed by atoms with E-state index in [1.807, 2.05) is 54.6 Å². The van der Waals surface area contributed by atoms with E-state index in [-0.39, 0.29) is 23.5 Å². The molecule has 0 saturated heterocycles.